The van der Waals surface area contributed by atoms with E-state index in [1.165, 1.54) is 25.8 Å². The molecule has 0 aliphatic carbocycles. The van der Waals surface area contributed by atoms with Crippen molar-refractivity contribution in [3.05, 3.63) is 0 Å². The van der Waals surface area contributed by atoms with Gasteiger partial charge in [0.2, 0.25) is 9.04 Å². The third kappa shape index (κ3) is 8.39. The van der Waals surface area contributed by atoms with Gasteiger partial charge in [-0.25, -0.2) is 0 Å². The zero-order chi connectivity index (χ0) is 10.1. The molecule has 2 unspecified atom stereocenters. The van der Waals surface area contributed by atoms with Gasteiger partial charge in [0.05, 0.1) is 18.9 Å². The van der Waals surface area contributed by atoms with Gasteiger partial charge in [0.25, 0.3) is 0 Å². The molecule has 13 heavy (non-hydrogen) atoms. The summed E-state index contributed by atoms with van der Waals surface area (Å²) in [6.45, 7) is 2.29. The van der Waals surface area contributed by atoms with Crippen LogP contribution in [0.3, 0.4) is 0 Å². The molecule has 5 heteroatoms. The van der Waals surface area contributed by atoms with Crippen LogP contribution in [0.2, 0.25) is 6.04 Å². The van der Waals surface area contributed by atoms with Gasteiger partial charge in [-0.2, -0.15) is 0 Å². The van der Waals surface area contributed by atoms with Crippen LogP contribution in [0, 0.1) is 0 Å². The lowest BCUT2D eigenvalue weighted by atomic mass is 10.4. The third-order valence-corrected chi connectivity index (χ3v) is 3.91. The maximum Gasteiger partial charge on any atom is 0.201 e. The van der Waals surface area contributed by atoms with E-state index in [2.05, 4.69) is 0 Å². The second kappa shape index (κ2) is 8.65. The van der Waals surface area contributed by atoms with E-state index in [0.717, 1.165) is 6.61 Å². The van der Waals surface area contributed by atoms with Gasteiger partial charge < -0.3 is 19.7 Å². The predicted octanol–water partition coefficient (Wildman–Crippen LogP) is -0.588. The lowest BCUT2D eigenvalue weighted by Gasteiger charge is -2.18. The maximum atomic E-state index is 8.63. The molecule has 2 atom stereocenters. The summed E-state index contributed by atoms with van der Waals surface area (Å²) < 4.78 is 5.32. The largest absolute Gasteiger partial charge is 0.418 e. The Morgan fingerprint density at radius 3 is 2.23 bits per heavy atom. The fourth-order valence-electron chi connectivity index (χ4n) is 0.951. The molecule has 0 spiro atoms. The van der Waals surface area contributed by atoms with Crippen molar-refractivity contribution in [2.24, 2.45) is 0 Å². The van der Waals surface area contributed by atoms with Gasteiger partial charge in [0, 0.05) is 6.61 Å². The van der Waals surface area contributed by atoms with E-state index >= 15 is 0 Å². The Morgan fingerprint density at radius 2 is 2.00 bits per heavy atom. The van der Waals surface area contributed by atoms with Crippen molar-refractivity contribution >= 4 is 9.04 Å². The molecule has 1 saturated heterocycles. The number of hydrogen-bond acceptors (Lipinski definition) is 4. The molecule has 1 fully saturated rings. The van der Waals surface area contributed by atoms with Crippen LogP contribution in [-0.4, -0.2) is 49.9 Å². The summed E-state index contributed by atoms with van der Waals surface area (Å²) in [5.41, 5.74) is 0. The molecular weight excluding hydrogens is 188 g/mol. The summed E-state index contributed by atoms with van der Waals surface area (Å²) in [7, 11) is -1.05. The maximum absolute atomic E-state index is 8.63. The van der Waals surface area contributed by atoms with Crippen molar-refractivity contribution in [3.63, 3.8) is 0 Å². The third-order valence-electron chi connectivity index (χ3n) is 1.74. The standard InChI is InChI=1S/C5H12O2Si.C3H8O2/c6-5-8-4-2-1-3-7-8;1-3(5)2-4/h6,8H,1-5H2;3-5H,2H2,1H3. The van der Waals surface area contributed by atoms with E-state index in [-0.39, 0.29) is 6.61 Å². The Morgan fingerprint density at radius 1 is 1.38 bits per heavy atom. The summed E-state index contributed by atoms with van der Waals surface area (Å²) in [4.78, 5) is 0. The van der Waals surface area contributed by atoms with Crippen LogP contribution < -0.4 is 0 Å². The van der Waals surface area contributed by atoms with Crippen LogP contribution in [0.4, 0.5) is 0 Å². The molecule has 3 N–H and O–H groups in total. The van der Waals surface area contributed by atoms with Crippen LogP contribution >= 0.6 is 0 Å². The minimum absolute atomic E-state index is 0.139. The second-order valence-electron chi connectivity index (χ2n) is 3.20. The van der Waals surface area contributed by atoms with E-state index < -0.39 is 15.1 Å². The van der Waals surface area contributed by atoms with E-state index in [4.69, 9.17) is 19.7 Å². The highest BCUT2D eigenvalue weighted by Crippen LogP contribution is 2.09. The van der Waals surface area contributed by atoms with Crippen LogP contribution in [0.5, 0.6) is 0 Å². The van der Waals surface area contributed by atoms with E-state index in [1.54, 1.807) is 0 Å². The average Bonchev–Trinajstić information content (AvgIpc) is 2.20. The first kappa shape index (κ1) is 13.1. The Labute approximate surface area is 80.9 Å². The van der Waals surface area contributed by atoms with Crippen LogP contribution in [0.15, 0.2) is 0 Å². The summed E-state index contributed by atoms with van der Waals surface area (Å²) >= 11 is 0. The zero-order valence-electron chi connectivity index (χ0n) is 8.15. The lowest BCUT2D eigenvalue weighted by molar-refractivity contribution is 0.110. The van der Waals surface area contributed by atoms with Crippen LogP contribution in [0.1, 0.15) is 19.8 Å². The van der Waals surface area contributed by atoms with Gasteiger partial charge in [-0.05, 0) is 19.4 Å². The molecule has 80 valence electrons. The zero-order valence-corrected chi connectivity index (χ0v) is 9.30. The van der Waals surface area contributed by atoms with Gasteiger partial charge in [0.1, 0.15) is 0 Å². The molecule has 4 nitrogen and oxygen atoms in total. The summed E-state index contributed by atoms with van der Waals surface area (Å²) in [6, 6.07) is 1.18. The normalized spacial score (nSPS) is 24.5. The predicted molar refractivity (Wildman–Crippen MR) is 53.0 cm³/mol. The van der Waals surface area contributed by atoms with Gasteiger partial charge in [-0.3, -0.25) is 0 Å². The Hall–Kier alpha value is 0.0569. The monoisotopic (exact) mass is 208 g/mol. The summed E-state index contributed by atoms with van der Waals surface area (Å²) in [5, 5.41) is 24.6. The van der Waals surface area contributed by atoms with Gasteiger partial charge in [0.15, 0.2) is 0 Å². The molecule has 0 saturated carbocycles. The highest BCUT2D eigenvalue weighted by molar-refractivity contribution is 6.51. The van der Waals surface area contributed by atoms with Crippen molar-refractivity contribution in [3.8, 4) is 0 Å². The van der Waals surface area contributed by atoms with E-state index in [0.29, 0.717) is 6.23 Å². The van der Waals surface area contributed by atoms with Crippen molar-refractivity contribution in [1.82, 2.24) is 0 Å². The quantitative estimate of drug-likeness (QED) is 0.531. The molecule has 0 radical (unpaired) electrons. The first-order valence-electron chi connectivity index (χ1n) is 4.72. The SMILES string of the molecule is CC(O)CO.OC[SiH]1CCCCO1. The van der Waals surface area contributed by atoms with Gasteiger partial charge >= 0.3 is 0 Å². The van der Waals surface area contributed by atoms with Crippen LogP contribution in [0.25, 0.3) is 0 Å². The first-order chi connectivity index (χ1) is 6.20. The molecule has 1 aliphatic heterocycles. The molecule has 1 rings (SSSR count). The molecule has 1 aliphatic rings. The van der Waals surface area contributed by atoms with Crippen molar-refractivity contribution < 1.29 is 19.7 Å². The van der Waals surface area contributed by atoms with Gasteiger partial charge in [-0.15, -0.1) is 0 Å². The van der Waals surface area contributed by atoms with Crippen molar-refractivity contribution in [2.75, 3.05) is 19.4 Å². The second-order valence-corrected chi connectivity index (χ2v) is 5.72. The molecule has 1 heterocycles. The molecule has 0 aromatic rings. The minimum Gasteiger partial charge on any atom is -0.418 e. The minimum atomic E-state index is -1.05. The highest BCUT2D eigenvalue weighted by Gasteiger charge is 2.13. The highest BCUT2D eigenvalue weighted by atomic mass is 28.3. The molecule has 0 amide bonds. The van der Waals surface area contributed by atoms with E-state index in [9.17, 15) is 0 Å². The summed E-state index contributed by atoms with van der Waals surface area (Å²) in [6.07, 6.45) is 2.25. The first-order valence-corrected chi connectivity index (χ1v) is 6.82. The molecule has 0 bridgehead atoms. The lowest BCUT2D eigenvalue weighted by Crippen LogP contribution is -2.27. The average molecular weight is 208 g/mol. The topological polar surface area (TPSA) is 69.9 Å². The Kier molecular flexibility index (Phi) is 8.68. The molecular formula is C8H20O4Si. The fourth-order valence-corrected chi connectivity index (χ4v) is 2.65. The smallest absolute Gasteiger partial charge is 0.201 e. The number of rotatable bonds is 2. The van der Waals surface area contributed by atoms with Crippen molar-refractivity contribution in [1.29, 1.82) is 0 Å². The Bertz CT molecular complexity index is 104. The number of aliphatic hydroxyl groups excluding tert-OH is 3. The Balaban J connectivity index is 0.000000252. The summed E-state index contributed by atoms with van der Waals surface area (Å²) in [5.74, 6) is 0. The van der Waals surface area contributed by atoms with E-state index in [1.807, 2.05) is 0 Å². The van der Waals surface area contributed by atoms with Crippen molar-refractivity contribution in [2.45, 2.75) is 31.9 Å². The molecule has 0 aromatic carbocycles. The number of aliphatic hydroxyl groups is 3. The van der Waals surface area contributed by atoms with Crippen LogP contribution in [-0.2, 0) is 4.43 Å². The van der Waals surface area contributed by atoms with Gasteiger partial charge in [-0.1, -0.05) is 6.42 Å². The number of hydrogen-bond donors (Lipinski definition) is 3. The fraction of sp³-hybridized carbons (Fsp3) is 1.00. The molecule has 0 aromatic heterocycles.